The number of rotatable bonds is 2. The number of aromatic nitrogens is 1. The van der Waals surface area contributed by atoms with E-state index in [0.717, 1.165) is 4.88 Å². The molecule has 60 valence electrons. The van der Waals surface area contributed by atoms with Crippen molar-refractivity contribution >= 4 is 17.3 Å². The molecule has 0 saturated heterocycles. The van der Waals surface area contributed by atoms with Crippen molar-refractivity contribution in [2.45, 2.75) is 6.54 Å². The van der Waals surface area contributed by atoms with Gasteiger partial charge in [0.25, 0.3) is 0 Å². The van der Waals surface area contributed by atoms with Gasteiger partial charge in [-0.15, -0.1) is 11.3 Å². The highest BCUT2D eigenvalue weighted by molar-refractivity contribution is 7.13. The van der Waals surface area contributed by atoms with Crippen LogP contribution >= 0.6 is 11.3 Å². The fourth-order valence-electron chi connectivity index (χ4n) is 0.584. The second-order valence-electron chi connectivity index (χ2n) is 1.83. The number of thiazole rings is 1. The second-order valence-corrected chi connectivity index (χ2v) is 2.94. The van der Waals surface area contributed by atoms with Gasteiger partial charge in [0.15, 0.2) is 0 Å². The van der Waals surface area contributed by atoms with E-state index in [1.165, 1.54) is 18.4 Å². The molecule has 0 unspecified atom stereocenters. The maximum Gasteiger partial charge on any atom is 0.367 e. The molecule has 2 N–H and O–H groups in total. The van der Waals surface area contributed by atoms with Crippen LogP contribution in [0.1, 0.15) is 14.7 Å². The normalized spacial score (nSPS) is 9.64. The summed E-state index contributed by atoms with van der Waals surface area (Å²) >= 11 is 1.25. The molecule has 0 fully saturated rings. The maximum absolute atomic E-state index is 10.8. The van der Waals surface area contributed by atoms with Crippen LogP contribution in [-0.4, -0.2) is 18.1 Å². The predicted molar refractivity (Wildman–Crippen MR) is 41.3 cm³/mol. The molecule has 0 aromatic carbocycles. The van der Waals surface area contributed by atoms with E-state index in [2.05, 4.69) is 9.72 Å². The number of carbonyl (C=O) groups is 1. The number of nitrogens with two attached hydrogens (primary N) is 1. The first-order chi connectivity index (χ1) is 5.27. The maximum atomic E-state index is 10.8. The predicted octanol–water partition coefficient (Wildman–Crippen LogP) is 0.388. The van der Waals surface area contributed by atoms with Gasteiger partial charge in [-0.2, -0.15) is 0 Å². The minimum Gasteiger partial charge on any atom is -0.464 e. The Hall–Kier alpha value is -0.940. The fraction of sp³-hybridized carbons (Fsp3) is 0.333. The van der Waals surface area contributed by atoms with E-state index in [9.17, 15) is 4.79 Å². The average molecular weight is 172 g/mol. The molecule has 0 atom stereocenters. The molecular formula is C6H8N2O2S. The molecular weight excluding hydrogens is 164 g/mol. The molecule has 1 aromatic rings. The average Bonchev–Trinajstić information content (AvgIpc) is 2.50. The number of carbonyl (C=O) groups excluding carboxylic acids is 1. The van der Waals surface area contributed by atoms with E-state index in [0.29, 0.717) is 11.6 Å². The summed E-state index contributed by atoms with van der Waals surface area (Å²) in [6.45, 7) is 0.411. The van der Waals surface area contributed by atoms with E-state index >= 15 is 0 Å². The van der Waals surface area contributed by atoms with Gasteiger partial charge >= 0.3 is 5.97 Å². The van der Waals surface area contributed by atoms with E-state index in [-0.39, 0.29) is 0 Å². The molecule has 0 aliphatic rings. The minimum absolute atomic E-state index is 0.355. The summed E-state index contributed by atoms with van der Waals surface area (Å²) in [7, 11) is 1.33. The number of nitrogens with zero attached hydrogens (tertiary/aromatic N) is 1. The molecule has 1 rings (SSSR count). The summed E-state index contributed by atoms with van der Waals surface area (Å²) in [5, 5.41) is 0.355. The van der Waals surface area contributed by atoms with Crippen LogP contribution in [0, 0.1) is 0 Å². The molecule has 0 spiro atoms. The van der Waals surface area contributed by atoms with Gasteiger partial charge < -0.3 is 10.5 Å². The Morgan fingerprint density at radius 2 is 2.64 bits per heavy atom. The van der Waals surface area contributed by atoms with Crippen molar-refractivity contribution in [3.63, 3.8) is 0 Å². The minimum atomic E-state index is -0.408. The highest BCUT2D eigenvalue weighted by atomic mass is 32.1. The monoisotopic (exact) mass is 172 g/mol. The van der Waals surface area contributed by atoms with Crippen molar-refractivity contribution in [1.29, 1.82) is 0 Å². The van der Waals surface area contributed by atoms with Gasteiger partial charge in [0, 0.05) is 17.6 Å². The lowest BCUT2D eigenvalue weighted by atomic mass is 10.6. The van der Waals surface area contributed by atoms with Crippen molar-refractivity contribution in [2.24, 2.45) is 5.73 Å². The van der Waals surface area contributed by atoms with Crippen molar-refractivity contribution in [1.82, 2.24) is 4.98 Å². The molecule has 5 heteroatoms. The van der Waals surface area contributed by atoms with Gasteiger partial charge in [-0.25, -0.2) is 9.78 Å². The van der Waals surface area contributed by atoms with Crippen LogP contribution in [0.4, 0.5) is 0 Å². The molecule has 0 amide bonds. The van der Waals surface area contributed by atoms with Crippen molar-refractivity contribution in [3.05, 3.63) is 16.1 Å². The Morgan fingerprint density at radius 1 is 1.91 bits per heavy atom. The van der Waals surface area contributed by atoms with Gasteiger partial charge in [0.1, 0.15) is 0 Å². The first kappa shape index (κ1) is 8.16. The van der Waals surface area contributed by atoms with Gasteiger partial charge in [-0.1, -0.05) is 0 Å². The van der Waals surface area contributed by atoms with E-state index in [1.54, 1.807) is 6.20 Å². The lowest BCUT2D eigenvalue weighted by Gasteiger charge is -1.89. The standard InChI is InChI=1S/C6H8N2O2S/c1-10-6(9)5-8-3-4(2-7)11-5/h3H,2,7H2,1H3. The Bertz CT molecular complexity index is 259. The molecule has 4 nitrogen and oxygen atoms in total. The first-order valence-electron chi connectivity index (χ1n) is 3.01. The highest BCUT2D eigenvalue weighted by Crippen LogP contribution is 2.12. The molecule has 0 radical (unpaired) electrons. The molecule has 0 aliphatic heterocycles. The summed E-state index contributed by atoms with van der Waals surface area (Å²) in [5.74, 6) is -0.408. The van der Waals surface area contributed by atoms with Gasteiger partial charge in [0.05, 0.1) is 7.11 Å². The molecule has 11 heavy (non-hydrogen) atoms. The SMILES string of the molecule is COC(=O)c1ncc(CN)s1. The zero-order valence-electron chi connectivity index (χ0n) is 6.03. The van der Waals surface area contributed by atoms with Crippen molar-refractivity contribution < 1.29 is 9.53 Å². The lowest BCUT2D eigenvalue weighted by molar-refractivity contribution is 0.0600. The highest BCUT2D eigenvalue weighted by Gasteiger charge is 2.09. The molecule has 1 heterocycles. The first-order valence-corrected chi connectivity index (χ1v) is 3.82. The third kappa shape index (κ3) is 1.75. The summed E-state index contributed by atoms with van der Waals surface area (Å²) in [5.41, 5.74) is 5.32. The van der Waals surface area contributed by atoms with Crippen LogP contribution in [0.15, 0.2) is 6.20 Å². The van der Waals surface area contributed by atoms with Crippen LogP contribution in [0.3, 0.4) is 0 Å². The van der Waals surface area contributed by atoms with Crippen LogP contribution < -0.4 is 5.73 Å². The van der Waals surface area contributed by atoms with Crippen LogP contribution in [0.25, 0.3) is 0 Å². The van der Waals surface area contributed by atoms with Gasteiger partial charge in [0.2, 0.25) is 5.01 Å². The number of ether oxygens (including phenoxy) is 1. The molecule has 1 aromatic heterocycles. The Balaban J connectivity index is 2.80. The zero-order valence-corrected chi connectivity index (χ0v) is 6.85. The fourth-order valence-corrected chi connectivity index (χ4v) is 1.29. The summed E-state index contributed by atoms with van der Waals surface area (Å²) in [4.78, 5) is 15.5. The Morgan fingerprint density at radius 3 is 3.09 bits per heavy atom. The summed E-state index contributed by atoms with van der Waals surface area (Å²) in [6.07, 6.45) is 1.58. The molecule has 0 saturated carbocycles. The Kier molecular flexibility index (Phi) is 2.56. The topological polar surface area (TPSA) is 65.2 Å². The second kappa shape index (κ2) is 3.45. The Labute approximate surface area is 68.0 Å². The number of esters is 1. The largest absolute Gasteiger partial charge is 0.464 e. The van der Waals surface area contributed by atoms with E-state index in [1.807, 2.05) is 0 Å². The quantitative estimate of drug-likeness (QED) is 0.655. The third-order valence-corrected chi connectivity index (χ3v) is 2.11. The van der Waals surface area contributed by atoms with E-state index in [4.69, 9.17) is 5.73 Å². The van der Waals surface area contributed by atoms with Crippen LogP contribution in [0.5, 0.6) is 0 Å². The van der Waals surface area contributed by atoms with Crippen molar-refractivity contribution in [2.75, 3.05) is 7.11 Å². The van der Waals surface area contributed by atoms with Crippen LogP contribution in [0.2, 0.25) is 0 Å². The van der Waals surface area contributed by atoms with Gasteiger partial charge in [-0.05, 0) is 0 Å². The zero-order chi connectivity index (χ0) is 8.27. The third-order valence-electron chi connectivity index (χ3n) is 1.11. The smallest absolute Gasteiger partial charge is 0.367 e. The van der Waals surface area contributed by atoms with E-state index < -0.39 is 5.97 Å². The number of methoxy groups -OCH3 is 1. The summed E-state index contributed by atoms with van der Waals surface area (Å²) in [6, 6.07) is 0. The molecule has 0 bridgehead atoms. The number of hydrogen-bond donors (Lipinski definition) is 1. The van der Waals surface area contributed by atoms with Crippen LogP contribution in [-0.2, 0) is 11.3 Å². The number of hydrogen-bond acceptors (Lipinski definition) is 5. The van der Waals surface area contributed by atoms with Crippen molar-refractivity contribution in [3.8, 4) is 0 Å². The summed E-state index contributed by atoms with van der Waals surface area (Å²) < 4.78 is 4.46. The molecule has 0 aliphatic carbocycles. The van der Waals surface area contributed by atoms with Gasteiger partial charge in [-0.3, -0.25) is 0 Å². The lowest BCUT2D eigenvalue weighted by Crippen LogP contribution is -1.99.